The number of H-pyrrole nitrogens is 2. The Kier molecular flexibility index (Phi) is 3.42. The fourth-order valence-electron chi connectivity index (χ4n) is 3.41. The lowest BCUT2D eigenvalue weighted by Crippen LogP contribution is -1.80. The molecule has 0 saturated carbocycles. The van der Waals surface area contributed by atoms with Gasteiger partial charge in [-0.25, -0.2) is 0 Å². The van der Waals surface area contributed by atoms with Gasteiger partial charge in [0.05, 0.1) is 11.2 Å². The number of hydrogen-bond acceptors (Lipinski definition) is 1. The highest BCUT2D eigenvalue weighted by atomic mass is 15.1. The molecule has 0 aliphatic rings. The molecule has 3 aromatic carbocycles. The highest BCUT2D eigenvalue weighted by Gasteiger charge is 2.08. The molecular weight excluding hydrogens is 318 g/mol. The van der Waals surface area contributed by atoms with Crippen molar-refractivity contribution in [2.45, 2.75) is 0 Å². The largest absolute Gasteiger partial charge is 0.361 e. The maximum Gasteiger partial charge on any atom is 0.0927 e. The first-order chi connectivity index (χ1) is 12.9. The van der Waals surface area contributed by atoms with E-state index in [4.69, 9.17) is 0 Å². The van der Waals surface area contributed by atoms with Crippen LogP contribution < -0.4 is 0 Å². The second-order valence-corrected chi connectivity index (χ2v) is 6.36. The van der Waals surface area contributed by atoms with Crippen LogP contribution in [0.25, 0.3) is 45.1 Å². The third-order valence-electron chi connectivity index (χ3n) is 4.73. The number of benzene rings is 3. The van der Waals surface area contributed by atoms with Crippen LogP contribution >= 0.6 is 0 Å². The van der Waals surface area contributed by atoms with E-state index in [0.717, 1.165) is 22.1 Å². The SMILES string of the molecule is C(=C\c1n[nH]c2cc(-c3cccc4[nH]ccc34)ccc12)/c1ccccc1. The average Bonchev–Trinajstić information content (AvgIpc) is 3.33. The summed E-state index contributed by atoms with van der Waals surface area (Å²) in [4.78, 5) is 3.27. The number of hydrogen-bond donors (Lipinski definition) is 2. The number of nitrogens with one attached hydrogen (secondary N) is 2. The van der Waals surface area contributed by atoms with E-state index in [1.807, 2.05) is 24.4 Å². The summed E-state index contributed by atoms with van der Waals surface area (Å²) in [7, 11) is 0. The fraction of sp³-hybridized carbons (Fsp3) is 0. The predicted octanol–water partition coefficient (Wildman–Crippen LogP) is 5.88. The molecule has 5 rings (SSSR count). The van der Waals surface area contributed by atoms with Crippen LogP contribution in [0.5, 0.6) is 0 Å². The van der Waals surface area contributed by atoms with Gasteiger partial charge in [0, 0.05) is 22.5 Å². The van der Waals surface area contributed by atoms with E-state index in [1.165, 1.54) is 22.1 Å². The highest BCUT2D eigenvalue weighted by molar-refractivity contribution is 5.98. The summed E-state index contributed by atoms with van der Waals surface area (Å²) >= 11 is 0. The first-order valence-electron chi connectivity index (χ1n) is 8.66. The van der Waals surface area contributed by atoms with E-state index in [0.29, 0.717) is 0 Å². The van der Waals surface area contributed by atoms with Gasteiger partial charge in [0.1, 0.15) is 0 Å². The molecule has 2 heterocycles. The minimum atomic E-state index is 0.954. The monoisotopic (exact) mass is 335 g/mol. The molecule has 0 saturated heterocycles. The van der Waals surface area contributed by atoms with Crippen molar-refractivity contribution in [2.75, 3.05) is 0 Å². The van der Waals surface area contributed by atoms with Gasteiger partial charge in [0.2, 0.25) is 0 Å². The van der Waals surface area contributed by atoms with Gasteiger partial charge in [-0.15, -0.1) is 0 Å². The standard InChI is InChI=1S/C23H17N3/c1-2-5-16(6-3-1)9-12-22-20-11-10-17(15-23(20)26-25-22)18-7-4-8-21-19(18)13-14-24-21/h1-15,24H,(H,25,26)/b12-9+. The number of nitrogens with zero attached hydrogens (tertiary/aromatic N) is 1. The minimum Gasteiger partial charge on any atom is -0.361 e. The summed E-state index contributed by atoms with van der Waals surface area (Å²) in [5.41, 5.74) is 6.72. The quantitative estimate of drug-likeness (QED) is 0.425. The molecule has 26 heavy (non-hydrogen) atoms. The second kappa shape index (κ2) is 6.05. The van der Waals surface area contributed by atoms with Crippen LogP contribution in [0.1, 0.15) is 11.3 Å². The third-order valence-corrected chi connectivity index (χ3v) is 4.73. The van der Waals surface area contributed by atoms with Crippen LogP contribution in [0.3, 0.4) is 0 Å². The molecule has 0 radical (unpaired) electrons. The molecule has 0 fully saturated rings. The Morgan fingerprint density at radius 1 is 0.731 bits per heavy atom. The predicted molar refractivity (Wildman–Crippen MR) is 109 cm³/mol. The number of aromatic nitrogens is 3. The Bertz CT molecular complexity index is 1230. The lowest BCUT2D eigenvalue weighted by Gasteiger charge is -2.04. The molecule has 2 aromatic heterocycles. The van der Waals surface area contributed by atoms with E-state index >= 15 is 0 Å². The summed E-state index contributed by atoms with van der Waals surface area (Å²) in [5, 5.41) is 10.0. The Hall–Kier alpha value is -3.59. The lowest BCUT2D eigenvalue weighted by atomic mass is 10.0. The zero-order valence-electron chi connectivity index (χ0n) is 14.1. The maximum atomic E-state index is 4.48. The van der Waals surface area contributed by atoms with Crippen molar-refractivity contribution in [1.82, 2.24) is 15.2 Å². The Balaban J connectivity index is 1.56. The van der Waals surface area contributed by atoms with Crippen LogP contribution in [-0.2, 0) is 0 Å². The molecule has 0 spiro atoms. The van der Waals surface area contributed by atoms with E-state index in [2.05, 4.69) is 81.9 Å². The summed E-state index contributed by atoms with van der Waals surface area (Å²) < 4.78 is 0. The van der Waals surface area contributed by atoms with Gasteiger partial charge in [0.15, 0.2) is 0 Å². The second-order valence-electron chi connectivity index (χ2n) is 6.36. The molecule has 2 N–H and O–H groups in total. The van der Waals surface area contributed by atoms with Crippen molar-refractivity contribution in [3.63, 3.8) is 0 Å². The van der Waals surface area contributed by atoms with Crippen molar-refractivity contribution < 1.29 is 0 Å². The average molecular weight is 335 g/mol. The van der Waals surface area contributed by atoms with Crippen LogP contribution in [0.2, 0.25) is 0 Å². The summed E-state index contributed by atoms with van der Waals surface area (Å²) in [6.45, 7) is 0. The molecule has 0 amide bonds. The summed E-state index contributed by atoms with van der Waals surface area (Å²) in [6.07, 6.45) is 6.13. The normalized spacial score (nSPS) is 11.7. The van der Waals surface area contributed by atoms with Crippen molar-refractivity contribution in [3.8, 4) is 11.1 Å². The number of rotatable bonds is 3. The molecule has 3 heteroatoms. The Labute approximate surface area is 151 Å². The Morgan fingerprint density at radius 2 is 1.65 bits per heavy atom. The van der Waals surface area contributed by atoms with E-state index in [-0.39, 0.29) is 0 Å². The summed E-state index contributed by atoms with van der Waals surface area (Å²) in [6, 6.07) is 25.2. The van der Waals surface area contributed by atoms with E-state index in [9.17, 15) is 0 Å². The van der Waals surface area contributed by atoms with Gasteiger partial charge in [-0.2, -0.15) is 5.10 Å². The molecular formula is C23H17N3. The molecule has 5 aromatic rings. The first kappa shape index (κ1) is 14.7. The number of fused-ring (bicyclic) bond motifs is 2. The molecule has 0 unspecified atom stereocenters. The molecule has 0 atom stereocenters. The lowest BCUT2D eigenvalue weighted by molar-refractivity contribution is 1.11. The third kappa shape index (κ3) is 2.50. The van der Waals surface area contributed by atoms with Crippen LogP contribution in [0.15, 0.2) is 79.0 Å². The molecule has 0 aliphatic heterocycles. The highest BCUT2D eigenvalue weighted by Crippen LogP contribution is 2.30. The van der Waals surface area contributed by atoms with Gasteiger partial charge in [-0.05, 0) is 47.0 Å². The summed E-state index contributed by atoms with van der Waals surface area (Å²) in [5.74, 6) is 0. The minimum absolute atomic E-state index is 0.954. The topological polar surface area (TPSA) is 44.5 Å². The Morgan fingerprint density at radius 3 is 2.58 bits per heavy atom. The maximum absolute atomic E-state index is 4.48. The fourth-order valence-corrected chi connectivity index (χ4v) is 3.41. The molecule has 3 nitrogen and oxygen atoms in total. The van der Waals surface area contributed by atoms with Crippen LogP contribution in [0, 0.1) is 0 Å². The number of aromatic amines is 2. The van der Waals surface area contributed by atoms with Crippen molar-refractivity contribution >= 4 is 34.0 Å². The molecule has 0 aliphatic carbocycles. The molecule has 124 valence electrons. The van der Waals surface area contributed by atoms with Gasteiger partial charge in [0.25, 0.3) is 0 Å². The van der Waals surface area contributed by atoms with E-state index in [1.54, 1.807) is 0 Å². The zero-order valence-corrected chi connectivity index (χ0v) is 14.1. The van der Waals surface area contributed by atoms with Gasteiger partial charge in [-0.1, -0.05) is 54.6 Å². The van der Waals surface area contributed by atoms with Gasteiger partial charge >= 0.3 is 0 Å². The van der Waals surface area contributed by atoms with Crippen molar-refractivity contribution in [3.05, 3.63) is 90.3 Å². The van der Waals surface area contributed by atoms with Crippen molar-refractivity contribution in [1.29, 1.82) is 0 Å². The van der Waals surface area contributed by atoms with Crippen molar-refractivity contribution in [2.24, 2.45) is 0 Å². The first-order valence-corrected chi connectivity index (χ1v) is 8.66. The van der Waals surface area contributed by atoms with Crippen LogP contribution in [0.4, 0.5) is 0 Å². The van der Waals surface area contributed by atoms with E-state index < -0.39 is 0 Å². The van der Waals surface area contributed by atoms with Crippen LogP contribution in [-0.4, -0.2) is 15.2 Å². The van der Waals surface area contributed by atoms with Gasteiger partial charge < -0.3 is 4.98 Å². The zero-order chi connectivity index (χ0) is 17.3. The smallest absolute Gasteiger partial charge is 0.0927 e. The molecule has 0 bridgehead atoms. The van der Waals surface area contributed by atoms with Gasteiger partial charge in [-0.3, -0.25) is 5.10 Å².